The van der Waals surface area contributed by atoms with Gasteiger partial charge in [0.1, 0.15) is 5.54 Å². The van der Waals surface area contributed by atoms with Gasteiger partial charge in [-0.2, -0.15) is 0 Å². The zero-order valence-electron chi connectivity index (χ0n) is 3.83. The molecule has 0 N–H and O–H groups in total. The summed E-state index contributed by atoms with van der Waals surface area (Å²) in [6, 6.07) is 0. The van der Waals surface area contributed by atoms with Crippen molar-refractivity contribution in [3.63, 3.8) is 0 Å². The fourth-order valence-electron chi connectivity index (χ4n) is 0.695. The third-order valence-corrected chi connectivity index (χ3v) is 1.26. The standard InChI is InChI=1S/C6H5N/c1-2-6(3-4-6)7-5-1/h1-5H. The summed E-state index contributed by atoms with van der Waals surface area (Å²) in [7, 11) is 0. The lowest BCUT2D eigenvalue weighted by Crippen LogP contribution is -1.95. The zero-order valence-corrected chi connectivity index (χ0v) is 3.83. The van der Waals surface area contributed by atoms with E-state index in [2.05, 4.69) is 23.2 Å². The highest BCUT2D eigenvalue weighted by Gasteiger charge is 2.30. The molecule has 0 aromatic carbocycles. The molecule has 0 saturated carbocycles. The zero-order chi connectivity index (χ0) is 4.74. The minimum Gasteiger partial charge on any atom is -0.274 e. The first-order valence-corrected chi connectivity index (χ1v) is 2.35. The van der Waals surface area contributed by atoms with Gasteiger partial charge in [-0.25, -0.2) is 0 Å². The predicted molar refractivity (Wildman–Crippen MR) is 29.5 cm³/mol. The van der Waals surface area contributed by atoms with Gasteiger partial charge in [0.15, 0.2) is 0 Å². The van der Waals surface area contributed by atoms with Gasteiger partial charge >= 0.3 is 0 Å². The van der Waals surface area contributed by atoms with Crippen LogP contribution in [0.25, 0.3) is 0 Å². The molecule has 0 aromatic heterocycles. The fourth-order valence-corrected chi connectivity index (χ4v) is 0.695. The summed E-state index contributed by atoms with van der Waals surface area (Å²) < 4.78 is 0. The Morgan fingerprint density at radius 1 is 1.14 bits per heavy atom. The molecule has 1 nitrogen and oxygen atoms in total. The Hall–Kier alpha value is -0.850. The van der Waals surface area contributed by atoms with E-state index in [0.29, 0.717) is 0 Å². The van der Waals surface area contributed by atoms with Crippen molar-refractivity contribution < 1.29 is 0 Å². The molecule has 1 heterocycles. The van der Waals surface area contributed by atoms with Crippen LogP contribution in [0.1, 0.15) is 0 Å². The van der Waals surface area contributed by atoms with Crippen LogP contribution in [-0.4, -0.2) is 11.8 Å². The predicted octanol–water partition coefficient (Wildman–Crippen LogP) is 0.936. The highest BCUT2D eigenvalue weighted by molar-refractivity contribution is 5.78. The van der Waals surface area contributed by atoms with E-state index in [-0.39, 0.29) is 5.54 Å². The average molecular weight is 91.1 g/mol. The Balaban J connectivity index is 2.41. The van der Waals surface area contributed by atoms with Crippen LogP contribution < -0.4 is 0 Å². The fraction of sp³-hybridized carbons (Fsp3) is 0.167. The number of allylic oxidation sites excluding steroid dienone is 1. The highest BCUT2D eigenvalue weighted by Crippen LogP contribution is 2.31. The molecular weight excluding hydrogens is 86.1 g/mol. The first-order chi connectivity index (χ1) is 3.41. The Kier molecular flexibility index (Phi) is 0.325. The van der Waals surface area contributed by atoms with Crippen LogP contribution in [0.3, 0.4) is 0 Å². The second-order valence-electron chi connectivity index (χ2n) is 1.86. The second kappa shape index (κ2) is 0.713. The number of hydrogen-bond donors (Lipinski definition) is 0. The van der Waals surface area contributed by atoms with Gasteiger partial charge < -0.3 is 0 Å². The molecule has 0 radical (unpaired) electrons. The summed E-state index contributed by atoms with van der Waals surface area (Å²) in [6.07, 6.45) is 10.0. The lowest BCUT2D eigenvalue weighted by Gasteiger charge is -1.92. The van der Waals surface area contributed by atoms with Gasteiger partial charge in [-0.1, -0.05) is 12.2 Å². The Morgan fingerprint density at radius 2 is 2.00 bits per heavy atom. The molecule has 0 saturated heterocycles. The molecule has 0 unspecified atom stereocenters. The molecule has 0 amide bonds. The Labute approximate surface area is 42.1 Å². The van der Waals surface area contributed by atoms with Crippen LogP contribution in [-0.2, 0) is 0 Å². The summed E-state index contributed by atoms with van der Waals surface area (Å²) in [5.74, 6) is 0. The normalized spacial score (nSPS) is 27.4. The Bertz CT molecular complexity index is 155. The number of rotatable bonds is 0. The minimum atomic E-state index is 0.0833. The van der Waals surface area contributed by atoms with Gasteiger partial charge in [-0.05, 0) is 12.2 Å². The van der Waals surface area contributed by atoms with Crippen molar-refractivity contribution in [2.24, 2.45) is 4.99 Å². The molecule has 0 atom stereocenters. The summed E-state index contributed by atoms with van der Waals surface area (Å²) >= 11 is 0. The van der Waals surface area contributed by atoms with Gasteiger partial charge in [0, 0.05) is 6.21 Å². The minimum absolute atomic E-state index is 0.0833. The van der Waals surface area contributed by atoms with Gasteiger partial charge in [-0.15, -0.1) is 0 Å². The maximum absolute atomic E-state index is 4.13. The van der Waals surface area contributed by atoms with Gasteiger partial charge in [0.25, 0.3) is 0 Å². The molecule has 0 aromatic rings. The first-order valence-electron chi connectivity index (χ1n) is 2.35. The van der Waals surface area contributed by atoms with Crippen molar-refractivity contribution in [2.45, 2.75) is 5.54 Å². The van der Waals surface area contributed by atoms with Crippen molar-refractivity contribution >= 4 is 6.21 Å². The highest BCUT2D eigenvalue weighted by atomic mass is 14.9. The molecule has 1 aliphatic heterocycles. The van der Waals surface area contributed by atoms with E-state index in [1.807, 2.05) is 12.3 Å². The monoisotopic (exact) mass is 91.0 g/mol. The van der Waals surface area contributed by atoms with Crippen LogP contribution in [0.15, 0.2) is 29.3 Å². The summed E-state index contributed by atoms with van der Waals surface area (Å²) in [5.41, 5.74) is 0.0833. The number of aliphatic imine (C=N–C) groups is 1. The number of hydrogen-bond acceptors (Lipinski definition) is 1. The van der Waals surface area contributed by atoms with E-state index < -0.39 is 0 Å². The molecule has 2 rings (SSSR count). The van der Waals surface area contributed by atoms with E-state index in [1.54, 1.807) is 0 Å². The van der Waals surface area contributed by atoms with Crippen molar-refractivity contribution in [2.75, 3.05) is 0 Å². The van der Waals surface area contributed by atoms with Crippen molar-refractivity contribution in [3.8, 4) is 0 Å². The molecule has 0 bridgehead atoms. The van der Waals surface area contributed by atoms with Crippen LogP contribution in [0.5, 0.6) is 0 Å². The van der Waals surface area contributed by atoms with Crippen LogP contribution in [0.2, 0.25) is 0 Å². The van der Waals surface area contributed by atoms with Crippen LogP contribution in [0, 0.1) is 0 Å². The maximum atomic E-state index is 4.13. The van der Waals surface area contributed by atoms with Gasteiger partial charge in [0.05, 0.1) is 0 Å². The summed E-state index contributed by atoms with van der Waals surface area (Å²) in [5, 5.41) is 0. The van der Waals surface area contributed by atoms with E-state index >= 15 is 0 Å². The lowest BCUT2D eigenvalue weighted by molar-refractivity contribution is 0.967. The first kappa shape index (κ1) is 3.19. The molecular formula is C6H5N. The molecule has 34 valence electrons. The molecule has 2 aliphatic rings. The molecule has 1 aliphatic carbocycles. The van der Waals surface area contributed by atoms with Gasteiger partial charge in [-0.3, -0.25) is 4.99 Å². The van der Waals surface area contributed by atoms with E-state index in [0.717, 1.165) is 0 Å². The lowest BCUT2D eigenvalue weighted by atomic mass is 10.3. The van der Waals surface area contributed by atoms with Crippen LogP contribution >= 0.6 is 0 Å². The quantitative estimate of drug-likeness (QED) is 0.393. The van der Waals surface area contributed by atoms with Crippen LogP contribution in [0.4, 0.5) is 0 Å². The maximum Gasteiger partial charge on any atom is 0.115 e. The summed E-state index contributed by atoms with van der Waals surface area (Å²) in [4.78, 5) is 4.13. The Morgan fingerprint density at radius 3 is 2.29 bits per heavy atom. The third-order valence-electron chi connectivity index (χ3n) is 1.26. The smallest absolute Gasteiger partial charge is 0.115 e. The van der Waals surface area contributed by atoms with Crippen molar-refractivity contribution in [1.29, 1.82) is 0 Å². The topological polar surface area (TPSA) is 12.4 Å². The molecule has 1 heteroatoms. The third kappa shape index (κ3) is 0.296. The van der Waals surface area contributed by atoms with Crippen molar-refractivity contribution in [3.05, 3.63) is 24.3 Å². The van der Waals surface area contributed by atoms with E-state index in [9.17, 15) is 0 Å². The summed E-state index contributed by atoms with van der Waals surface area (Å²) in [6.45, 7) is 0. The SMILES string of the molecule is C1=CC2(C=C2)N=C1. The van der Waals surface area contributed by atoms with Gasteiger partial charge in [0.2, 0.25) is 0 Å². The van der Waals surface area contributed by atoms with E-state index in [4.69, 9.17) is 0 Å². The van der Waals surface area contributed by atoms with E-state index in [1.165, 1.54) is 0 Å². The molecule has 0 fully saturated rings. The second-order valence-corrected chi connectivity index (χ2v) is 1.86. The average Bonchev–Trinajstić information content (AvgIpc) is 2.15. The largest absolute Gasteiger partial charge is 0.274 e. The number of nitrogens with zero attached hydrogens (tertiary/aromatic N) is 1. The molecule has 1 spiro atoms. The van der Waals surface area contributed by atoms with Crippen molar-refractivity contribution in [1.82, 2.24) is 0 Å². The molecule has 7 heavy (non-hydrogen) atoms.